The van der Waals surface area contributed by atoms with E-state index in [0.717, 1.165) is 34.4 Å². The number of halogens is 3. The van der Waals surface area contributed by atoms with E-state index < -0.39 is 0 Å². The van der Waals surface area contributed by atoms with Gasteiger partial charge in [-0.3, -0.25) is 4.79 Å². The molecule has 1 N–H and O–H groups in total. The zero-order valence-corrected chi connectivity index (χ0v) is 18.5. The van der Waals surface area contributed by atoms with Crippen molar-refractivity contribution >= 4 is 45.0 Å². The maximum absolute atomic E-state index is 12.9. The lowest BCUT2D eigenvalue weighted by Gasteiger charge is -2.18. The highest BCUT2D eigenvalue weighted by Gasteiger charge is 2.20. The van der Waals surface area contributed by atoms with Crippen molar-refractivity contribution in [2.24, 2.45) is 0 Å². The van der Waals surface area contributed by atoms with Crippen LogP contribution in [0.1, 0.15) is 47.4 Å². The zero-order valence-electron chi connectivity index (χ0n) is 15.4. The fourth-order valence-electron chi connectivity index (χ4n) is 2.99. The van der Waals surface area contributed by atoms with Gasteiger partial charge in [0.2, 0.25) is 0 Å². The first-order valence-electron chi connectivity index (χ1n) is 8.83. The zero-order chi connectivity index (χ0) is 20.3. The predicted octanol–water partition coefficient (Wildman–Crippen LogP) is 5.92. The summed E-state index contributed by atoms with van der Waals surface area (Å²) >= 11 is 15.5. The van der Waals surface area contributed by atoms with E-state index in [1.165, 1.54) is 0 Å². The maximum atomic E-state index is 12.9. The quantitative estimate of drug-likeness (QED) is 0.444. The Kier molecular flexibility index (Phi) is 6.75. The van der Waals surface area contributed by atoms with E-state index in [1.54, 1.807) is 29.2 Å². The molecule has 0 bridgehead atoms. The molecule has 1 amide bonds. The van der Waals surface area contributed by atoms with Crippen molar-refractivity contribution in [2.75, 3.05) is 0 Å². The van der Waals surface area contributed by atoms with Gasteiger partial charge in [0.25, 0.3) is 5.91 Å². The highest BCUT2D eigenvalue weighted by molar-refractivity contribution is 9.10. The van der Waals surface area contributed by atoms with Crippen molar-refractivity contribution < 1.29 is 4.79 Å². The second-order valence-electron chi connectivity index (χ2n) is 6.38. The predicted molar refractivity (Wildman–Crippen MR) is 115 cm³/mol. The van der Waals surface area contributed by atoms with E-state index in [0.29, 0.717) is 15.6 Å². The summed E-state index contributed by atoms with van der Waals surface area (Å²) < 4.78 is 2.42. The van der Waals surface area contributed by atoms with Gasteiger partial charge >= 0.3 is 0 Å². The van der Waals surface area contributed by atoms with Crippen LogP contribution >= 0.6 is 39.1 Å². The monoisotopic (exact) mass is 480 g/mol. The van der Waals surface area contributed by atoms with Crippen LogP contribution in [0.15, 0.2) is 47.3 Å². The molecule has 0 aliphatic carbocycles. The Morgan fingerprint density at radius 3 is 2.71 bits per heavy atom. The van der Waals surface area contributed by atoms with E-state index >= 15 is 0 Å². The Hall–Kier alpha value is -1.89. The molecule has 2 heterocycles. The van der Waals surface area contributed by atoms with E-state index in [2.05, 4.69) is 38.3 Å². The van der Waals surface area contributed by atoms with E-state index in [9.17, 15) is 4.79 Å². The largest absolute Gasteiger partial charge is 0.345 e. The molecule has 0 fully saturated rings. The molecule has 146 valence electrons. The fraction of sp³-hybridized carbons (Fsp3) is 0.250. The molecule has 3 rings (SSSR count). The first-order chi connectivity index (χ1) is 13.4. The van der Waals surface area contributed by atoms with Crippen molar-refractivity contribution in [3.05, 3.63) is 74.2 Å². The standard InChI is InChI=1S/C20H19BrCl2N4O/c1-3-4-18(13-7-8-24-19(21)9-13)26-20(28)15-11-25-27(12(15)2)14-5-6-16(22)17(23)10-14/h5-11,18H,3-4H2,1-2H3,(H,26,28). The van der Waals surface area contributed by atoms with Crippen LogP contribution in [0.5, 0.6) is 0 Å². The number of amides is 1. The second-order valence-corrected chi connectivity index (χ2v) is 8.01. The lowest BCUT2D eigenvalue weighted by Crippen LogP contribution is -2.29. The molecule has 2 aromatic heterocycles. The Morgan fingerprint density at radius 2 is 2.04 bits per heavy atom. The molecular formula is C20H19BrCl2N4O. The topological polar surface area (TPSA) is 59.8 Å². The van der Waals surface area contributed by atoms with Gasteiger partial charge in [-0.05, 0) is 65.2 Å². The lowest BCUT2D eigenvalue weighted by atomic mass is 10.0. The maximum Gasteiger partial charge on any atom is 0.255 e. The average molecular weight is 482 g/mol. The molecule has 1 atom stereocenters. The summed E-state index contributed by atoms with van der Waals surface area (Å²) in [5, 5.41) is 8.38. The van der Waals surface area contributed by atoms with Crippen LogP contribution in [0.4, 0.5) is 0 Å². The fourth-order valence-corrected chi connectivity index (χ4v) is 3.67. The third kappa shape index (κ3) is 4.57. The van der Waals surface area contributed by atoms with Gasteiger partial charge in [-0.1, -0.05) is 36.5 Å². The SMILES string of the molecule is CCCC(NC(=O)c1cnn(-c2ccc(Cl)c(Cl)c2)c1C)c1ccnc(Br)c1. The van der Waals surface area contributed by atoms with Crippen molar-refractivity contribution in [1.82, 2.24) is 20.1 Å². The van der Waals surface area contributed by atoms with Gasteiger partial charge in [-0.25, -0.2) is 9.67 Å². The van der Waals surface area contributed by atoms with Crippen LogP contribution < -0.4 is 5.32 Å². The lowest BCUT2D eigenvalue weighted by molar-refractivity contribution is 0.0934. The van der Waals surface area contributed by atoms with Crippen LogP contribution in [0.2, 0.25) is 10.0 Å². The first kappa shape index (κ1) is 20.8. The molecule has 1 unspecified atom stereocenters. The minimum Gasteiger partial charge on any atom is -0.345 e. The van der Waals surface area contributed by atoms with Gasteiger partial charge in [0, 0.05) is 6.20 Å². The normalized spacial score (nSPS) is 12.0. The van der Waals surface area contributed by atoms with Gasteiger partial charge in [0.15, 0.2) is 0 Å². The van der Waals surface area contributed by atoms with Crippen molar-refractivity contribution in [3.8, 4) is 5.69 Å². The van der Waals surface area contributed by atoms with Crippen molar-refractivity contribution in [2.45, 2.75) is 32.7 Å². The van der Waals surface area contributed by atoms with Crippen LogP contribution in [0.3, 0.4) is 0 Å². The summed E-state index contributed by atoms with van der Waals surface area (Å²) in [7, 11) is 0. The van der Waals surface area contributed by atoms with Gasteiger partial charge in [-0.2, -0.15) is 5.10 Å². The Balaban J connectivity index is 1.85. The Bertz CT molecular complexity index is 1010. The molecule has 0 aliphatic heterocycles. The summed E-state index contributed by atoms with van der Waals surface area (Å²) in [5.74, 6) is -0.171. The summed E-state index contributed by atoms with van der Waals surface area (Å²) in [6.07, 6.45) is 5.05. The molecule has 3 aromatic rings. The number of nitrogens with zero attached hydrogens (tertiary/aromatic N) is 3. The van der Waals surface area contributed by atoms with Gasteiger partial charge in [0.1, 0.15) is 4.60 Å². The molecule has 0 radical (unpaired) electrons. The summed E-state index contributed by atoms with van der Waals surface area (Å²) in [5.41, 5.74) is 2.99. The summed E-state index contributed by atoms with van der Waals surface area (Å²) in [6, 6.07) is 8.97. The molecule has 1 aromatic carbocycles. The van der Waals surface area contributed by atoms with Crippen molar-refractivity contribution in [1.29, 1.82) is 0 Å². The van der Waals surface area contributed by atoms with E-state index in [1.807, 2.05) is 25.1 Å². The molecule has 0 saturated heterocycles. The molecule has 5 nitrogen and oxygen atoms in total. The number of hydrogen-bond donors (Lipinski definition) is 1. The van der Waals surface area contributed by atoms with Crippen LogP contribution in [0, 0.1) is 6.92 Å². The van der Waals surface area contributed by atoms with Crippen molar-refractivity contribution in [3.63, 3.8) is 0 Å². The molecule has 28 heavy (non-hydrogen) atoms. The molecule has 0 aliphatic rings. The van der Waals surface area contributed by atoms with Gasteiger partial charge in [0.05, 0.1) is 39.2 Å². The summed E-state index contributed by atoms with van der Waals surface area (Å²) in [6.45, 7) is 3.94. The number of pyridine rings is 1. The Morgan fingerprint density at radius 1 is 1.25 bits per heavy atom. The van der Waals surface area contributed by atoms with Crippen LogP contribution in [0.25, 0.3) is 5.69 Å². The molecule has 8 heteroatoms. The number of nitrogens with one attached hydrogen (secondary N) is 1. The minimum absolute atomic E-state index is 0.107. The van der Waals surface area contributed by atoms with Crippen LogP contribution in [-0.2, 0) is 0 Å². The average Bonchev–Trinajstić information content (AvgIpc) is 3.05. The number of hydrogen-bond acceptors (Lipinski definition) is 3. The number of rotatable bonds is 6. The molecule has 0 saturated carbocycles. The number of carbonyl (C=O) groups is 1. The smallest absolute Gasteiger partial charge is 0.255 e. The third-order valence-electron chi connectivity index (χ3n) is 4.44. The number of carbonyl (C=O) groups excluding carboxylic acids is 1. The van der Waals surface area contributed by atoms with Gasteiger partial charge < -0.3 is 5.32 Å². The highest BCUT2D eigenvalue weighted by atomic mass is 79.9. The number of aromatic nitrogens is 3. The second kappa shape index (κ2) is 9.07. The van der Waals surface area contributed by atoms with E-state index in [-0.39, 0.29) is 11.9 Å². The molecule has 0 spiro atoms. The number of benzene rings is 1. The highest BCUT2D eigenvalue weighted by Crippen LogP contribution is 2.26. The van der Waals surface area contributed by atoms with Gasteiger partial charge in [-0.15, -0.1) is 0 Å². The third-order valence-corrected chi connectivity index (χ3v) is 5.61. The Labute approximate surface area is 182 Å². The first-order valence-corrected chi connectivity index (χ1v) is 10.4. The van der Waals surface area contributed by atoms with Crippen LogP contribution in [-0.4, -0.2) is 20.7 Å². The minimum atomic E-state index is -0.171. The summed E-state index contributed by atoms with van der Waals surface area (Å²) in [4.78, 5) is 17.1. The molecular weight excluding hydrogens is 463 g/mol. The van der Waals surface area contributed by atoms with E-state index in [4.69, 9.17) is 23.2 Å².